The molecule has 0 spiro atoms. The molecule has 1 rings (SSSR count). The molecule has 0 amide bonds. The number of esters is 1. The second-order valence-electron chi connectivity index (χ2n) is 3.01. The van der Waals surface area contributed by atoms with Crippen molar-refractivity contribution in [1.29, 1.82) is 0 Å². The van der Waals surface area contributed by atoms with E-state index in [0.717, 1.165) is 0 Å². The molecule has 0 bridgehead atoms. The second-order valence-corrected chi connectivity index (χ2v) is 3.01. The Balaban J connectivity index is 2.88. The first-order chi connectivity index (χ1) is 5.63. The topological polar surface area (TPSA) is 43.4 Å². The summed E-state index contributed by atoms with van der Waals surface area (Å²) < 4.78 is 4.60. The van der Waals surface area contributed by atoms with Crippen LogP contribution in [0.4, 0.5) is 0 Å². The molecule has 0 unspecified atom stereocenters. The zero-order valence-corrected chi connectivity index (χ0v) is 7.29. The van der Waals surface area contributed by atoms with Gasteiger partial charge in [-0.25, -0.2) is 0 Å². The predicted octanol–water partition coefficient (Wildman–Crippen LogP) is 1.08. The molecule has 0 saturated carbocycles. The normalized spacial score (nSPS) is 19.2. The molecule has 0 N–H and O–H groups in total. The minimum absolute atomic E-state index is 0.112. The number of carbonyl (C=O) groups is 2. The fraction of sp³-hybridized carbons (Fsp3) is 0.556. The summed E-state index contributed by atoms with van der Waals surface area (Å²) in [5.41, 5.74) is -0.908. The lowest BCUT2D eigenvalue weighted by Gasteiger charge is -2.21. The van der Waals surface area contributed by atoms with Gasteiger partial charge in [0.15, 0.2) is 0 Å². The number of ether oxygens (including phenoxy) is 1. The first kappa shape index (κ1) is 8.97. The Labute approximate surface area is 71.4 Å². The van der Waals surface area contributed by atoms with Crippen LogP contribution in [-0.4, -0.2) is 18.9 Å². The van der Waals surface area contributed by atoms with Gasteiger partial charge in [-0.3, -0.25) is 9.59 Å². The van der Waals surface area contributed by atoms with Crippen LogP contribution in [0.25, 0.3) is 0 Å². The summed E-state index contributed by atoms with van der Waals surface area (Å²) in [6, 6.07) is 0. The summed E-state index contributed by atoms with van der Waals surface area (Å²) in [5, 5.41) is 0. The number of hydrogen-bond acceptors (Lipinski definition) is 3. The molecule has 1 aliphatic rings. The van der Waals surface area contributed by atoms with E-state index in [2.05, 4.69) is 4.74 Å². The molecule has 0 radical (unpaired) electrons. The number of allylic oxidation sites excluding steroid dienone is 2. The summed E-state index contributed by atoms with van der Waals surface area (Å²) in [6.07, 6.45) is 4.65. The van der Waals surface area contributed by atoms with E-state index in [1.165, 1.54) is 14.0 Å². The largest absolute Gasteiger partial charge is 0.468 e. The van der Waals surface area contributed by atoms with E-state index in [1.807, 2.05) is 12.2 Å². The highest BCUT2D eigenvalue weighted by molar-refractivity contribution is 6.03. The molecule has 1 aliphatic carbocycles. The van der Waals surface area contributed by atoms with Gasteiger partial charge in [0.2, 0.25) is 0 Å². The van der Waals surface area contributed by atoms with Gasteiger partial charge in [-0.2, -0.15) is 0 Å². The van der Waals surface area contributed by atoms with Crippen molar-refractivity contribution in [1.82, 2.24) is 0 Å². The van der Waals surface area contributed by atoms with Crippen molar-refractivity contribution in [3.05, 3.63) is 12.2 Å². The van der Waals surface area contributed by atoms with Crippen molar-refractivity contribution in [2.24, 2.45) is 5.41 Å². The number of ketones is 1. The summed E-state index contributed by atoms with van der Waals surface area (Å²) in [5.74, 6) is -0.528. The van der Waals surface area contributed by atoms with Crippen LogP contribution in [0.1, 0.15) is 19.8 Å². The van der Waals surface area contributed by atoms with Gasteiger partial charge in [-0.1, -0.05) is 12.2 Å². The molecule has 0 atom stereocenters. The molecular formula is C9H12O3. The van der Waals surface area contributed by atoms with Crippen molar-refractivity contribution in [2.75, 3.05) is 7.11 Å². The molecule has 0 aromatic carbocycles. The van der Waals surface area contributed by atoms with Crippen LogP contribution in [0.2, 0.25) is 0 Å². The smallest absolute Gasteiger partial charge is 0.319 e. The molecule has 3 heteroatoms. The lowest BCUT2D eigenvalue weighted by atomic mass is 9.82. The minimum atomic E-state index is -0.908. The van der Waals surface area contributed by atoms with E-state index in [1.54, 1.807) is 0 Å². The first-order valence-corrected chi connectivity index (χ1v) is 3.88. The summed E-state index contributed by atoms with van der Waals surface area (Å²) in [6.45, 7) is 1.43. The van der Waals surface area contributed by atoms with Crippen LogP contribution in [0, 0.1) is 5.41 Å². The van der Waals surface area contributed by atoms with Crippen molar-refractivity contribution in [2.45, 2.75) is 19.8 Å². The maximum absolute atomic E-state index is 11.3. The monoisotopic (exact) mass is 168 g/mol. The van der Waals surface area contributed by atoms with Gasteiger partial charge in [0.1, 0.15) is 11.2 Å². The van der Waals surface area contributed by atoms with Crippen molar-refractivity contribution < 1.29 is 14.3 Å². The molecule has 0 fully saturated rings. The molecule has 0 saturated heterocycles. The third kappa shape index (κ3) is 1.15. The Morgan fingerprint density at radius 3 is 2.17 bits per heavy atom. The zero-order valence-electron chi connectivity index (χ0n) is 7.29. The number of hydrogen-bond donors (Lipinski definition) is 0. The second kappa shape index (κ2) is 3.09. The quantitative estimate of drug-likeness (QED) is 0.352. The summed E-state index contributed by atoms with van der Waals surface area (Å²) in [4.78, 5) is 22.5. The van der Waals surface area contributed by atoms with E-state index in [9.17, 15) is 9.59 Å². The molecule has 12 heavy (non-hydrogen) atoms. The Morgan fingerprint density at radius 1 is 1.33 bits per heavy atom. The SMILES string of the molecule is COC(=O)C1(C(C)=O)CC=CC1. The van der Waals surface area contributed by atoms with Crippen LogP contribution in [0.3, 0.4) is 0 Å². The van der Waals surface area contributed by atoms with Crippen LogP contribution in [0.15, 0.2) is 12.2 Å². The highest BCUT2D eigenvalue weighted by Crippen LogP contribution is 2.35. The average Bonchev–Trinajstić information content (AvgIpc) is 2.52. The Hall–Kier alpha value is -1.12. The molecule has 0 aliphatic heterocycles. The van der Waals surface area contributed by atoms with Gasteiger partial charge in [0, 0.05) is 0 Å². The Bertz CT molecular complexity index is 232. The van der Waals surface area contributed by atoms with Gasteiger partial charge in [0.25, 0.3) is 0 Å². The summed E-state index contributed by atoms with van der Waals surface area (Å²) >= 11 is 0. The van der Waals surface area contributed by atoms with Crippen molar-refractivity contribution in [3.63, 3.8) is 0 Å². The lowest BCUT2D eigenvalue weighted by molar-refractivity contribution is -0.156. The molecule has 0 heterocycles. The van der Waals surface area contributed by atoms with Gasteiger partial charge in [0.05, 0.1) is 7.11 Å². The maximum atomic E-state index is 11.3. The first-order valence-electron chi connectivity index (χ1n) is 3.88. The standard InChI is InChI=1S/C9H12O3/c1-7(10)9(8(11)12-2)5-3-4-6-9/h3-4H,5-6H2,1-2H3. The molecule has 66 valence electrons. The molecule has 3 nitrogen and oxygen atoms in total. The number of carbonyl (C=O) groups excluding carboxylic acids is 2. The Morgan fingerprint density at radius 2 is 1.83 bits per heavy atom. The number of Topliss-reactive ketones (excluding diaryl/α,β-unsaturated/α-hetero) is 1. The van der Waals surface area contributed by atoms with Gasteiger partial charge < -0.3 is 4.74 Å². The fourth-order valence-electron chi connectivity index (χ4n) is 1.45. The van der Waals surface area contributed by atoms with E-state index in [4.69, 9.17) is 0 Å². The van der Waals surface area contributed by atoms with Gasteiger partial charge in [-0.05, 0) is 19.8 Å². The van der Waals surface area contributed by atoms with Gasteiger partial charge in [-0.15, -0.1) is 0 Å². The predicted molar refractivity (Wildman–Crippen MR) is 43.5 cm³/mol. The molecular weight excluding hydrogens is 156 g/mol. The van der Waals surface area contributed by atoms with Crippen LogP contribution >= 0.6 is 0 Å². The number of methoxy groups -OCH3 is 1. The van der Waals surface area contributed by atoms with E-state index in [0.29, 0.717) is 12.8 Å². The third-order valence-electron chi connectivity index (χ3n) is 2.35. The highest BCUT2D eigenvalue weighted by Gasteiger charge is 2.44. The van der Waals surface area contributed by atoms with Crippen LogP contribution in [0.5, 0.6) is 0 Å². The summed E-state index contributed by atoms with van der Waals surface area (Å²) in [7, 11) is 1.31. The van der Waals surface area contributed by atoms with E-state index < -0.39 is 11.4 Å². The van der Waals surface area contributed by atoms with Gasteiger partial charge >= 0.3 is 5.97 Å². The van der Waals surface area contributed by atoms with E-state index >= 15 is 0 Å². The lowest BCUT2D eigenvalue weighted by Crippen LogP contribution is -2.36. The average molecular weight is 168 g/mol. The number of rotatable bonds is 2. The Kier molecular flexibility index (Phi) is 2.31. The molecule has 0 aromatic heterocycles. The zero-order chi connectivity index (χ0) is 9.19. The maximum Gasteiger partial charge on any atom is 0.319 e. The van der Waals surface area contributed by atoms with E-state index in [-0.39, 0.29) is 5.78 Å². The van der Waals surface area contributed by atoms with Crippen LogP contribution < -0.4 is 0 Å². The molecule has 0 aromatic rings. The van der Waals surface area contributed by atoms with Crippen molar-refractivity contribution >= 4 is 11.8 Å². The van der Waals surface area contributed by atoms with Crippen molar-refractivity contribution in [3.8, 4) is 0 Å². The van der Waals surface area contributed by atoms with Crippen LogP contribution in [-0.2, 0) is 14.3 Å². The highest BCUT2D eigenvalue weighted by atomic mass is 16.5. The minimum Gasteiger partial charge on any atom is -0.468 e. The fourth-order valence-corrected chi connectivity index (χ4v) is 1.45. The third-order valence-corrected chi connectivity index (χ3v) is 2.35.